The number of hydrogen-bond donors (Lipinski definition) is 1. The van der Waals surface area contributed by atoms with Crippen molar-refractivity contribution in [3.8, 4) is 0 Å². The van der Waals surface area contributed by atoms with Crippen LogP contribution in [0.2, 0.25) is 0 Å². The van der Waals surface area contributed by atoms with Gasteiger partial charge in [-0.05, 0) is 0 Å². The highest BCUT2D eigenvalue weighted by Gasteiger charge is 2.46. The van der Waals surface area contributed by atoms with E-state index in [0.717, 1.165) is 4.90 Å². The molecule has 64 valence electrons. The monoisotopic (exact) mass is 169 g/mol. The van der Waals surface area contributed by atoms with Crippen molar-refractivity contribution in [1.82, 2.24) is 4.90 Å². The summed E-state index contributed by atoms with van der Waals surface area (Å²) in [7, 11) is 3.15. The molecule has 3 amide bonds. The Hall–Kier alpha value is -1.36. The molecular weight excluding hydrogens is 160 g/mol. The molecule has 1 unspecified atom stereocenters. The summed E-state index contributed by atoms with van der Waals surface area (Å²) >= 11 is 0. The maximum absolute atomic E-state index is 11.3. The van der Waals surface area contributed by atoms with Gasteiger partial charge in [-0.3, -0.25) is 4.79 Å². The average Bonchev–Trinajstić information content (AvgIpc) is 2.79. The molecule has 0 aliphatic carbocycles. The summed E-state index contributed by atoms with van der Waals surface area (Å²) in [6, 6.07) is -0.262. The first-order valence-electron chi connectivity index (χ1n) is 3.67. The Kier molecular flexibility index (Phi) is 1.26. The molecule has 0 spiro atoms. The zero-order chi connectivity index (χ0) is 8.88. The molecule has 12 heavy (non-hydrogen) atoms. The molecule has 0 aromatic heterocycles. The maximum Gasteiger partial charge on any atom is 0.431 e. The Labute approximate surface area is 69.2 Å². The van der Waals surface area contributed by atoms with Crippen LogP contribution < -0.4 is 4.90 Å². The third kappa shape index (κ3) is 0.831. The second-order valence-electron chi connectivity index (χ2n) is 2.91. The van der Waals surface area contributed by atoms with Gasteiger partial charge >= 0.3 is 11.9 Å². The average molecular weight is 169 g/mol. The van der Waals surface area contributed by atoms with Crippen LogP contribution in [0.15, 0.2) is 11.6 Å². The van der Waals surface area contributed by atoms with E-state index < -0.39 is 0 Å². The quantitative estimate of drug-likeness (QED) is 0.489. The minimum atomic E-state index is -0.262. The van der Waals surface area contributed by atoms with Crippen LogP contribution in [0.25, 0.3) is 0 Å². The lowest BCUT2D eigenvalue weighted by molar-refractivity contribution is -0.759. The SMILES string of the molecule is CN1C(=O)CC2=C(O2)[NH+](C)C1=O. The summed E-state index contributed by atoms with van der Waals surface area (Å²) < 4.78 is 4.99. The highest BCUT2D eigenvalue weighted by molar-refractivity contribution is 5.93. The van der Waals surface area contributed by atoms with Gasteiger partial charge in [-0.2, -0.15) is 4.90 Å². The number of rotatable bonds is 0. The molecule has 2 aliphatic heterocycles. The fraction of sp³-hybridized carbons (Fsp3) is 0.429. The Bertz CT molecular complexity index is 308. The van der Waals surface area contributed by atoms with Gasteiger partial charge < -0.3 is 4.74 Å². The predicted octanol–water partition coefficient (Wildman–Crippen LogP) is -1.32. The third-order valence-electron chi connectivity index (χ3n) is 2.09. The zero-order valence-corrected chi connectivity index (χ0v) is 6.88. The second kappa shape index (κ2) is 2.07. The molecule has 0 radical (unpaired) electrons. The third-order valence-corrected chi connectivity index (χ3v) is 2.09. The second-order valence-corrected chi connectivity index (χ2v) is 2.91. The van der Waals surface area contributed by atoms with Gasteiger partial charge in [0.1, 0.15) is 0 Å². The Balaban J connectivity index is 2.31. The van der Waals surface area contributed by atoms with Gasteiger partial charge in [-0.1, -0.05) is 0 Å². The van der Waals surface area contributed by atoms with Gasteiger partial charge in [-0.15, -0.1) is 0 Å². The number of urea groups is 1. The molecule has 0 bridgehead atoms. The van der Waals surface area contributed by atoms with Gasteiger partial charge in [-0.25, -0.2) is 9.69 Å². The first-order valence-corrected chi connectivity index (χ1v) is 3.67. The zero-order valence-electron chi connectivity index (χ0n) is 6.88. The van der Waals surface area contributed by atoms with Crippen molar-refractivity contribution in [2.24, 2.45) is 0 Å². The molecule has 0 saturated heterocycles. The van der Waals surface area contributed by atoms with Crippen LogP contribution in [0.5, 0.6) is 0 Å². The number of hydrogen-bond acceptors (Lipinski definition) is 3. The number of ether oxygens (including phenoxy) is 1. The fourth-order valence-electron chi connectivity index (χ4n) is 1.22. The van der Waals surface area contributed by atoms with Crippen LogP contribution in [-0.4, -0.2) is 30.9 Å². The molecule has 2 rings (SSSR count). The van der Waals surface area contributed by atoms with Crippen molar-refractivity contribution in [2.75, 3.05) is 14.1 Å². The van der Waals surface area contributed by atoms with E-state index in [1.165, 1.54) is 7.05 Å². The van der Waals surface area contributed by atoms with E-state index in [1.807, 2.05) is 0 Å². The maximum atomic E-state index is 11.3. The molecule has 5 nitrogen and oxygen atoms in total. The smallest absolute Gasteiger partial charge is 0.404 e. The largest absolute Gasteiger partial charge is 0.431 e. The van der Waals surface area contributed by atoms with Crippen molar-refractivity contribution < 1.29 is 19.2 Å². The molecule has 5 heteroatoms. The Morgan fingerprint density at radius 1 is 1.50 bits per heavy atom. The van der Waals surface area contributed by atoms with E-state index in [2.05, 4.69) is 0 Å². The molecule has 0 aromatic carbocycles. The van der Waals surface area contributed by atoms with Gasteiger partial charge in [0.05, 0.1) is 13.5 Å². The molecule has 1 N–H and O–H groups in total. The van der Waals surface area contributed by atoms with Crippen LogP contribution >= 0.6 is 0 Å². The molecule has 1 atom stereocenters. The van der Waals surface area contributed by atoms with Crippen LogP contribution in [0.4, 0.5) is 4.79 Å². The number of nitrogens with zero attached hydrogens (tertiary/aromatic N) is 1. The van der Waals surface area contributed by atoms with Crippen molar-refractivity contribution in [3.05, 3.63) is 11.6 Å². The highest BCUT2D eigenvalue weighted by atomic mass is 16.6. The number of imide groups is 1. The van der Waals surface area contributed by atoms with Crippen LogP contribution in [-0.2, 0) is 9.53 Å². The van der Waals surface area contributed by atoms with Crippen molar-refractivity contribution in [2.45, 2.75) is 6.42 Å². The topological polar surface area (TPSA) is 54.4 Å². The van der Waals surface area contributed by atoms with E-state index in [0.29, 0.717) is 16.5 Å². The van der Waals surface area contributed by atoms with Crippen molar-refractivity contribution in [1.29, 1.82) is 0 Å². The lowest BCUT2D eigenvalue weighted by Crippen LogP contribution is -3.10. The van der Waals surface area contributed by atoms with Crippen molar-refractivity contribution in [3.63, 3.8) is 0 Å². The van der Waals surface area contributed by atoms with E-state index in [-0.39, 0.29) is 18.4 Å². The van der Waals surface area contributed by atoms with E-state index in [1.54, 1.807) is 7.05 Å². The first kappa shape index (κ1) is 7.30. The number of carbonyl (C=O) groups is 2. The van der Waals surface area contributed by atoms with E-state index in [4.69, 9.17) is 4.74 Å². The lowest BCUT2D eigenvalue weighted by atomic mass is 10.4. The van der Waals surface area contributed by atoms with E-state index in [9.17, 15) is 9.59 Å². The Morgan fingerprint density at radius 3 is 2.83 bits per heavy atom. The molecule has 0 saturated carbocycles. The number of nitrogens with one attached hydrogen (secondary N) is 1. The normalized spacial score (nSPS) is 28.2. The minimum absolute atomic E-state index is 0.207. The van der Waals surface area contributed by atoms with Gasteiger partial charge in [0.25, 0.3) is 0 Å². The summed E-state index contributed by atoms with van der Waals surface area (Å²) in [4.78, 5) is 24.2. The minimum Gasteiger partial charge on any atom is -0.404 e. The number of amides is 3. The van der Waals surface area contributed by atoms with Crippen molar-refractivity contribution >= 4 is 11.9 Å². The summed E-state index contributed by atoms with van der Waals surface area (Å²) in [6.07, 6.45) is 0.217. The summed E-state index contributed by atoms with van der Waals surface area (Å²) in [6.45, 7) is 0. The first-order chi connectivity index (χ1) is 5.61. The standard InChI is InChI=1S/C7H8N2O3/c1-8-5(10)3-4-6(12-4)9(2)7(8)11/h3H2,1-2H3/p+1. The molecule has 0 aromatic rings. The van der Waals surface area contributed by atoms with Crippen LogP contribution in [0.3, 0.4) is 0 Å². The van der Waals surface area contributed by atoms with E-state index >= 15 is 0 Å². The predicted molar refractivity (Wildman–Crippen MR) is 37.8 cm³/mol. The molecule has 2 aliphatic rings. The molecular formula is C7H9N2O3+. The van der Waals surface area contributed by atoms with Gasteiger partial charge in [0.15, 0.2) is 0 Å². The lowest BCUT2D eigenvalue weighted by Gasteiger charge is -2.13. The summed E-state index contributed by atoms with van der Waals surface area (Å²) in [5, 5.41) is 0. The van der Waals surface area contributed by atoms with Crippen LogP contribution in [0.1, 0.15) is 6.42 Å². The number of quaternary nitrogens is 1. The summed E-state index contributed by atoms with van der Waals surface area (Å²) in [5.74, 6) is 1.05. The van der Waals surface area contributed by atoms with Gasteiger partial charge in [0, 0.05) is 7.05 Å². The molecule has 0 fully saturated rings. The molecule has 2 heterocycles. The highest BCUT2D eigenvalue weighted by Crippen LogP contribution is 2.26. The Morgan fingerprint density at radius 2 is 2.17 bits per heavy atom. The van der Waals surface area contributed by atoms with Gasteiger partial charge in [0.2, 0.25) is 11.7 Å². The summed E-state index contributed by atoms with van der Waals surface area (Å²) in [5.41, 5.74) is 0. The fourth-order valence-corrected chi connectivity index (χ4v) is 1.22. The van der Waals surface area contributed by atoms with Crippen LogP contribution in [0, 0.1) is 0 Å². The number of carbonyl (C=O) groups excluding carboxylic acids is 2.